The third kappa shape index (κ3) is 3.44. The molecule has 0 spiro atoms. The topological polar surface area (TPSA) is 37.8 Å². The van der Waals surface area contributed by atoms with E-state index < -0.39 is 23.1 Å². The summed E-state index contributed by atoms with van der Waals surface area (Å²) in [6.45, 7) is 3.57. The third-order valence-corrected chi connectivity index (χ3v) is 3.22. The van der Waals surface area contributed by atoms with Gasteiger partial charge >= 0.3 is 0 Å². The monoisotopic (exact) mass is 315 g/mol. The number of benzene rings is 1. The Morgan fingerprint density at radius 2 is 1.76 bits per heavy atom. The fourth-order valence-electron chi connectivity index (χ4n) is 1.77. The van der Waals surface area contributed by atoms with Gasteiger partial charge in [0.15, 0.2) is 11.6 Å². The first-order valence-corrected chi connectivity index (χ1v) is 6.74. The molecule has 0 saturated heterocycles. The Kier molecular flexibility index (Phi) is 4.67. The van der Waals surface area contributed by atoms with Crippen LogP contribution in [-0.2, 0) is 6.42 Å². The van der Waals surface area contributed by atoms with Crippen LogP contribution in [0.1, 0.15) is 24.7 Å². The summed E-state index contributed by atoms with van der Waals surface area (Å²) in [6.07, 6.45) is 1.39. The van der Waals surface area contributed by atoms with Gasteiger partial charge in [-0.3, -0.25) is 0 Å². The zero-order valence-corrected chi connectivity index (χ0v) is 12.2. The molecule has 0 aliphatic carbocycles. The number of hydrogen-bond donors (Lipinski definition) is 1. The number of rotatable bonds is 4. The molecule has 0 bridgehead atoms. The molecule has 0 amide bonds. The van der Waals surface area contributed by atoms with Crippen LogP contribution >= 0.6 is 11.6 Å². The Bertz CT molecular complexity index is 654. The van der Waals surface area contributed by atoms with Crippen LogP contribution in [0.2, 0.25) is 5.15 Å². The molecule has 112 valence electrons. The van der Waals surface area contributed by atoms with Crippen molar-refractivity contribution in [1.29, 1.82) is 0 Å². The Hall–Kier alpha value is -1.82. The minimum atomic E-state index is -1.04. The van der Waals surface area contributed by atoms with Crippen LogP contribution in [0.15, 0.2) is 12.1 Å². The van der Waals surface area contributed by atoms with Crippen LogP contribution in [0.5, 0.6) is 0 Å². The zero-order valence-electron chi connectivity index (χ0n) is 11.5. The SMILES string of the molecule is CCCc1nc(Cl)c(C)c(Nc2c(F)cc(F)cc2F)n1. The van der Waals surface area contributed by atoms with Gasteiger partial charge in [0.05, 0.1) is 0 Å². The third-order valence-electron chi connectivity index (χ3n) is 2.86. The lowest BCUT2D eigenvalue weighted by Crippen LogP contribution is -2.06. The maximum Gasteiger partial charge on any atom is 0.152 e. The van der Waals surface area contributed by atoms with Gasteiger partial charge in [0.2, 0.25) is 0 Å². The first-order chi connectivity index (χ1) is 9.92. The van der Waals surface area contributed by atoms with E-state index in [4.69, 9.17) is 11.6 Å². The molecule has 0 atom stereocenters. The highest BCUT2D eigenvalue weighted by Gasteiger charge is 2.15. The molecule has 1 heterocycles. The van der Waals surface area contributed by atoms with Gasteiger partial charge in [-0.25, -0.2) is 23.1 Å². The van der Waals surface area contributed by atoms with Crippen molar-refractivity contribution < 1.29 is 13.2 Å². The van der Waals surface area contributed by atoms with Crippen molar-refractivity contribution in [1.82, 2.24) is 9.97 Å². The van der Waals surface area contributed by atoms with Crippen molar-refractivity contribution in [3.05, 3.63) is 46.1 Å². The van der Waals surface area contributed by atoms with Crippen molar-refractivity contribution in [3.63, 3.8) is 0 Å². The molecule has 0 saturated carbocycles. The van der Waals surface area contributed by atoms with Gasteiger partial charge in [-0.1, -0.05) is 18.5 Å². The van der Waals surface area contributed by atoms with E-state index in [2.05, 4.69) is 15.3 Å². The first kappa shape index (κ1) is 15.6. The number of anilines is 2. The molecular formula is C14H13ClF3N3. The summed E-state index contributed by atoms with van der Waals surface area (Å²) < 4.78 is 40.2. The van der Waals surface area contributed by atoms with Crippen LogP contribution < -0.4 is 5.32 Å². The Morgan fingerprint density at radius 1 is 1.14 bits per heavy atom. The average Bonchev–Trinajstić information content (AvgIpc) is 2.39. The van der Waals surface area contributed by atoms with Crippen LogP contribution in [0, 0.1) is 24.4 Å². The molecule has 3 nitrogen and oxygen atoms in total. The molecule has 1 aromatic carbocycles. The van der Waals surface area contributed by atoms with E-state index >= 15 is 0 Å². The standard InChI is InChI=1S/C14H13ClF3N3/c1-3-4-11-19-13(15)7(2)14(20-11)21-12-9(17)5-8(16)6-10(12)18/h5-6H,3-4H2,1-2H3,(H,19,20,21). The van der Waals surface area contributed by atoms with Crippen LogP contribution in [0.3, 0.4) is 0 Å². The molecule has 2 aromatic rings. The Labute approximate surface area is 125 Å². The maximum absolute atomic E-state index is 13.7. The number of halogens is 4. The highest BCUT2D eigenvalue weighted by molar-refractivity contribution is 6.30. The summed E-state index contributed by atoms with van der Waals surface area (Å²) >= 11 is 5.99. The van der Waals surface area contributed by atoms with Crippen LogP contribution in [-0.4, -0.2) is 9.97 Å². The summed E-state index contributed by atoms with van der Waals surface area (Å²) in [7, 11) is 0. The Balaban J connectivity index is 2.44. The number of aromatic nitrogens is 2. The van der Waals surface area contributed by atoms with Gasteiger partial charge < -0.3 is 5.32 Å². The fourth-order valence-corrected chi connectivity index (χ4v) is 1.96. The molecule has 7 heteroatoms. The maximum atomic E-state index is 13.7. The fraction of sp³-hybridized carbons (Fsp3) is 0.286. The lowest BCUT2D eigenvalue weighted by Gasteiger charge is -2.12. The van der Waals surface area contributed by atoms with Crippen molar-refractivity contribution in [3.8, 4) is 0 Å². The minimum Gasteiger partial charge on any atom is -0.335 e. The van der Waals surface area contributed by atoms with Gasteiger partial charge in [0.25, 0.3) is 0 Å². The van der Waals surface area contributed by atoms with Gasteiger partial charge in [-0.2, -0.15) is 0 Å². The lowest BCUT2D eigenvalue weighted by molar-refractivity contribution is 0.548. The molecule has 1 aromatic heterocycles. The second-order valence-electron chi connectivity index (χ2n) is 4.52. The van der Waals surface area contributed by atoms with E-state index in [1.807, 2.05) is 6.92 Å². The van der Waals surface area contributed by atoms with E-state index in [0.717, 1.165) is 6.42 Å². The van der Waals surface area contributed by atoms with Crippen LogP contribution in [0.25, 0.3) is 0 Å². The van der Waals surface area contributed by atoms with E-state index in [9.17, 15) is 13.2 Å². The van der Waals surface area contributed by atoms with Crippen molar-refractivity contribution in [2.75, 3.05) is 5.32 Å². The predicted octanol–water partition coefficient (Wildman–Crippen LogP) is 4.55. The molecule has 0 radical (unpaired) electrons. The summed E-state index contributed by atoms with van der Waals surface area (Å²) in [5.41, 5.74) is -0.0173. The molecule has 0 fully saturated rings. The minimum absolute atomic E-state index is 0.197. The molecule has 0 unspecified atom stereocenters. The zero-order chi connectivity index (χ0) is 15.6. The van der Waals surface area contributed by atoms with Gasteiger partial charge in [-0.15, -0.1) is 0 Å². The summed E-state index contributed by atoms with van der Waals surface area (Å²) in [6, 6.07) is 1.19. The average molecular weight is 316 g/mol. The van der Waals surface area contributed by atoms with Gasteiger partial charge in [0, 0.05) is 24.1 Å². The summed E-state index contributed by atoms with van der Waals surface area (Å²) in [5.74, 6) is -2.40. The van der Waals surface area contributed by atoms with E-state index in [0.29, 0.717) is 29.9 Å². The highest BCUT2D eigenvalue weighted by atomic mass is 35.5. The van der Waals surface area contributed by atoms with Gasteiger partial charge in [0.1, 0.15) is 28.3 Å². The lowest BCUT2D eigenvalue weighted by atomic mass is 10.2. The van der Waals surface area contributed by atoms with E-state index in [-0.39, 0.29) is 11.0 Å². The van der Waals surface area contributed by atoms with Crippen molar-refractivity contribution >= 4 is 23.1 Å². The predicted molar refractivity (Wildman–Crippen MR) is 75.4 cm³/mol. The van der Waals surface area contributed by atoms with Crippen molar-refractivity contribution in [2.45, 2.75) is 26.7 Å². The Morgan fingerprint density at radius 3 is 2.33 bits per heavy atom. The molecular weight excluding hydrogens is 303 g/mol. The quantitative estimate of drug-likeness (QED) is 0.841. The first-order valence-electron chi connectivity index (χ1n) is 6.37. The molecule has 21 heavy (non-hydrogen) atoms. The second-order valence-corrected chi connectivity index (χ2v) is 4.88. The summed E-state index contributed by atoms with van der Waals surface area (Å²) in [4.78, 5) is 8.28. The number of nitrogens with one attached hydrogen (secondary N) is 1. The van der Waals surface area contributed by atoms with Crippen LogP contribution in [0.4, 0.5) is 24.7 Å². The second kappa shape index (κ2) is 6.30. The smallest absolute Gasteiger partial charge is 0.152 e. The number of hydrogen-bond acceptors (Lipinski definition) is 3. The van der Waals surface area contributed by atoms with Crippen molar-refractivity contribution in [2.24, 2.45) is 0 Å². The molecule has 0 aliphatic heterocycles. The molecule has 1 N–H and O–H groups in total. The normalized spacial score (nSPS) is 10.8. The number of aryl methyl sites for hydroxylation is 1. The van der Waals surface area contributed by atoms with E-state index in [1.54, 1.807) is 6.92 Å². The number of nitrogens with zero attached hydrogens (tertiary/aromatic N) is 2. The molecule has 2 rings (SSSR count). The molecule has 0 aliphatic rings. The van der Waals surface area contributed by atoms with Gasteiger partial charge in [-0.05, 0) is 13.3 Å². The largest absolute Gasteiger partial charge is 0.335 e. The van der Waals surface area contributed by atoms with E-state index in [1.165, 1.54) is 0 Å². The summed E-state index contributed by atoms with van der Waals surface area (Å²) in [5, 5.41) is 2.73. The highest BCUT2D eigenvalue weighted by Crippen LogP contribution is 2.27.